The van der Waals surface area contributed by atoms with E-state index in [-0.39, 0.29) is 5.02 Å². The lowest BCUT2D eigenvalue weighted by molar-refractivity contribution is 0.210. The molecule has 2 N–H and O–H groups in total. The van der Waals surface area contributed by atoms with Crippen molar-refractivity contribution in [3.8, 4) is 0 Å². The monoisotopic (exact) mass is 374 g/mol. The van der Waals surface area contributed by atoms with E-state index in [0.717, 1.165) is 4.47 Å². The van der Waals surface area contributed by atoms with Crippen LogP contribution in [0.15, 0.2) is 28.9 Å². The molecule has 0 saturated carbocycles. The van der Waals surface area contributed by atoms with E-state index in [1.165, 1.54) is 12.1 Å². The van der Waals surface area contributed by atoms with Crippen molar-refractivity contribution in [3.63, 3.8) is 0 Å². The van der Waals surface area contributed by atoms with Crippen LogP contribution >= 0.6 is 27.5 Å². The van der Waals surface area contributed by atoms with E-state index in [1.54, 1.807) is 19.4 Å². The lowest BCUT2D eigenvalue weighted by Crippen LogP contribution is -2.10. The summed E-state index contributed by atoms with van der Waals surface area (Å²) < 4.78 is 18.8. The first kappa shape index (κ1) is 15.9. The second-order valence-corrected chi connectivity index (χ2v) is 5.33. The molecule has 0 aliphatic rings. The average Bonchev–Trinajstić information content (AvgIpc) is 2.46. The summed E-state index contributed by atoms with van der Waals surface area (Å²) in [7, 11) is 1.63. The summed E-state index contributed by atoms with van der Waals surface area (Å²) in [6.45, 7) is 1.18. The maximum absolute atomic E-state index is 13.1. The van der Waals surface area contributed by atoms with Crippen molar-refractivity contribution in [1.82, 2.24) is 9.97 Å². The van der Waals surface area contributed by atoms with Gasteiger partial charge in [-0.25, -0.2) is 9.37 Å². The van der Waals surface area contributed by atoms with Crippen molar-refractivity contribution in [2.24, 2.45) is 0 Å². The molecule has 0 bridgehead atoms. The minimum absolute atomic E-state index is 0.0376. The summed E-state index contributed by atoms with van der Waals surface area (Å²) >= 11 is 9.09. The Morgan fingerprint density at radius 3 is 2.95 bits per heavy atom. The molecule has 21 heavy (non-hydrogen) atoms. The molecule has 0 amide bonds. The van der Waals surface area contributed by atoms with Gasteiger partial charge < -0.3 is 15.4 Å². The van der Waals surface area contributed by atoms with Gasteiger partial charge in [-0.1, -0.05) is 11.6 Å². The number of halogens is 3. The SMILES string of the molecule is COCCNc1nc(Nc2ccc(F)c(Cl)c2)ncc1Br. The van der Waals surface area contributed by atoms with Crippen LogP contribution < -0.4 is 10.6 Å². The fraction of sp³-hybridized carbons (Fsp3) is 0.231. The largest absolute Gasteiger partial charge is 0.383 e. The normalized spacial score (nSPS) is 10.5. The van der Waals surface area contributed by atoms with Crippen LogP contribution in [0.3, 0.4) is 0 Å². The number of nitrogens with zero attached hydrogens (tertiary/aromatic N) is 2. The number of rotatable bonds is 6. The molecule has 2 aromatic rings. The Morgan fingerprint density at radius 2 is 2.24 bits per heavy atom. The van der Waals surface area contributed by atoms with Crippen LogP contribution in [0.2, 0.25) is 5.02 Å². The van der Waals surface area contributed by atoms with Crippen molar-refractivity contribution in [2.75, 3.05) is 30.9 Å². The number of anilines is 3. The highest BCUT2D eigenvalue weighted by atomic mass is 79.9. The fourth-order valence-electron chi connectivity index (χ4n) is 1.53. The van der Waals surface area contributed by atoms with E-state index in [2.05, 4.69) is 36.5 Å². The Bertz CT molecular complexity index is 629. The highest BCUT2D eigenvalue weighted by Crippen LogP contribution is 2.24. The third-order valence-corrected chi connectivity index (χ3v) is 3.39. The number of ether oxygens (including phenoxy) is 1. The molecule has 0 aliphatic carbocycles. The van der Waals surface area contributed by atoms with E-state index in [1.807, 2.05) is 0 Å². The van der Waals surface area contributed by atoms with Crippen LogP contribution in [-0.4, -0.2) is 30.2 Å². The van der Waals surface area contributed by atoms with Gasteiger partial charge in [-0.15, -0.1) is 0 Å². The van der Waals surface area contributed by atoms with E-state index in [0.29, 0.717) is 30.6 Å². The molecular weight excluding hydrogens is 363 g/mol. The second kappa shape index (κ2) is 7.53. The number of nitrogens with one attached hydrogen (secondary N) is 2. The Hall–Kier alpha value is -1.44. The van der Waals surface area contributed by atoms with Crippen molar-refractivity contribution < 1.29 is 9.13 Å². The maximum Gasteiger partial charge on any atom is 0.229 e. The van der Waals surface area contributed by atoms with Crippen LogP contribution in [0.4, 0.5) is 21.8 Å². The average molecular weight is 376 g/mol. The molecule has 1 aromatic carbocycles. The Morgan fingerprint density at radius 1 is 1.43 bits per heavy atom. The molecule has 1 heterocycles. The molecule has 0 unspecified atom stereocenters. The van der Waals surface area contributed by atoms with Crippen molar-refractivity contribution in [3.05, 3.63) is 39.7 Å². The van der Waals surface area contributed by atoms with Crippen LogP contribution in [0.1, 0.15) is 0 Å². The lowest BCUT2D eigenvalue weighted by atomic mass is 10.3. The highest BCUT2D eigenvalue weighted by molar-refractivity contribution is 9.10. The first-order valence-electron chi connectivity index (χ1n) is 6.07. The van der Waals surface area contributed by atoms with E-state index in [4.69, 9.17) is 16.3 Å². The third-order valence-electron chi connectivity index (χ3n) is 2.52. The number of aromatic nitrogens is 2. The van der Waals surface area contributed by atoms with Gasteiger partial charge in [-0.05, 0) is 34.1 Å². The molecular formula is C13H13BrClFN4O. The molecule has 0 radical (unpaired) electrons. The molecule has 1 aromatic heterocycles. The quantitative estimate of drug-likeness (QED) is 0.751. The summed E-state index contributed by atoms with van der Waals surface area (Å²) in [5, 5.41) is 6.11. The van der Waals surface area contributed by atoms with E-state index in [9.17, 15) is 4.39 Å². The highest BCUT2D eigenvalue weighted by Gasteiger charge is 2.06. The minimum atomic E-state index is -0.471. The van der Waals surface area contributed by atoms with Crippen LogP contribution in [0.5, 0.6) is 0 Å². The Kier molecular flexibility index (Phi) is 5.72. The molecule has 0 saturated heterocycles. The van der Waals surface area contributed by atoms with Crippen molar-refractivity contribution >= 4 is 45.0 Å². The van der Waals surface area contributed by atoms with Gasteiger partial charge in [-0.3, -0.25) is 0 Å². The fourth-order valence-corrected chi connectivity index (χ4v) is 2.04. The van der Waals surface area contributed by atoms with Crippen LogP contribution in [-0.2, 0) is 4.74 Å². The lowest BCUT2D eigenvalue weighted by Gasteiger charge is -2.10. The summed E-state index contributed by atoms with van der Waals surface area (Å²) in [6.07, 6.45) is 1.62. The molecule has 112 valence electrons. The number of hydrogen-bond acceptors (Lipinski definition) is 5. The summed E-state index contributed by atoms with van der Waals surface area (Å²) in [5.74, 6) is 0.541. The summed E-state index contributed by atoms with van der Waals surface area (Å²) in [5.41, 5.74) is 0.603. The molecule has 2 rings (SSSR count). The van der Waals surface area contributed by atoms with Crippen LogP contribution in [0.25, 0.3) is 0 Å². The van der Waals surface area contributed by atoms with Gasteiger partial charge in [0.05, 0.1) is 16.1 Å². The smallest absolute Gasteiger partial charge is 0.229 e. The number of methoxy groups -OCH3 is 1. The number of benzene rings is 1. The van der Waals surface area contributed by atoms with Gasteiger partial charge in [0.2, 0.25) is 5.95 Å². The molecule has 0 spiro atoms. The van der Waals surface area contributed by atoms with Gasteiger partial charge in [0, 0.05) is 25.5 Å². The topological polar surface area (TPSA) is 59.1 Å². The second-order valence-electron chi connectivity index (χ2n) is 4.06. The summed E-state index contributed by atoms with van der Waals surface area (Å²) in [6, 6.07) is 4.31. The van der Waals surface area contributed by atoms with E-state index < -0.39 is 5.82 Å². The maximum atomic E-state index is 13.1. The Labute approximate surface area is 135 Å². The first-order valence-corrected chi connectivity index (χ1v) is 7.24. The zero-order chi connectivity index (χ0) is 15.2. The standard InChI is InChI=1S/C13H13BrClFN4O/c1-21-5-4-17-12-9(14)7-18-13(20-12)19-8-2-3-11(16)10(15)6-8/h2-3,6-7H,4-5H2,1H3,(H2,17,18,19,20). The van der Waals surface area contributed by atoms with Gasteiger partial charge in [0.1, 0.15) is 11.6 Å². The molecule has 8 heteroatoms. The zero-order valence-electron chi connectivity index (χ0n) is 11.2. The Balaban J connectivity index is 2.12. The van der Waals surface area contributed by atoms with Crippen molar-refractivity contribution in [2.45, 2.75) is 0 Å². The van der Waals surface area contributed by atoms with Gasteiger partial charge in [-0.2, -0.15) is 4.98 Å². The predicted molar refractivity (Wildman–Crippen MR) is 84.8 cm³/mol. The van der Waals surface area contributed by atoms with Crippen molar-refractivity contribution in [1.29, 1.82) is 0 Å². The minimum Gasteiger partial charge on any atom is -0.383 e. The molecule has 0 fully saturated rings. The molecule has 5 nitrogen and oxygen atoms in total. The predicted octanol–water partition coefficient (Wildman–Crippen LogP) is 3.83. The number of hydrogen-bond donors (Lipinski definition) is 2. The molecule has 0 aliphatic heterocycles. The van der Waals surface area contributed by atoms with Gasteiger partial charge in [0.25, 0.3) is 0 Å². The third kappa shape index (κ3) is 4.52. The van der Waals surface area contributed by atoms with E-state index >= 15 is 0 Å². The first-order chi connectivity index (χ1) is 10.1. The zero-order valence-corrected chi connectivity index (χ0v) is 13.5. The molecule has 0 atom stereocenters. The van der Waals surface area contributed by atoms with Gasteiger partial charge in [0.15, 0.2) is 0 Å². The van der Waals surface area contributed by atoms with Crippen LogP contribution in [0, 0.1) is 5.82 Å². The summed E-state index contributed by atoms with van der Waals surface area (Å²) in [4.78, 5) is 8.46. The van der Waals surface area contributed by atoms with Gasteiger partial charge >= 0.3 is 0 Å².